The van der Waals surface area contributed by atoms with Gasteiger partial charge in [-0.05, 0) is 38.1 Å². The number of methoxy groups -OCH3 is 1. The van der Waals surface area contributed by atoms with Crippen LogP contribution in [0.3, 0.4) is 0 Å². The van der Waals surface area contributed by atoms with Crippen LogP contribution in [-0.4, -0.2) is 49.9 Å². The third-order valence-electron chi connectivity index (χ3n) is 5.41. The van der Waals surface area contributed by atoms with E-state index in [1.165, 1.54) is 13.3 Å². The highest BCUT2D eigenvalue weighted by Gasteiger charge is 2.24. The summed E-state index contributed by atoms with van der Waals surface area (Å²) in [6.45, 7) is 4.40. The normalized spacial score (nSPS) is 13.6. The molecule has 1 aliphatic heterocycles. The summed E-state index contributed by atoms with van der Waals surface area (Å²) < 4.78 is 31.1. The Morgan fingerprint density at radius 1 is 1.14 bits per heavy atom. The van der Waals surface area contributed by atoms with E-state index in [0.717, 1.165) is 0 Å². The average Bonchev–Trinajstić information content (AvgIpc) is 3.27. The smallest absolute Gasteiger partial charge is 0.321 e. The number of ether oxygens (including phenoxy) is 1. The standard InChI is InChI=1S/C23H25ClN6O4S/c1-14(2)35(32,33)20-7-5-4-6-18(20)27-21-16(24)13-26-22(29-21)28-17-9-8-15(12-19(17)34-3)30-11-10-25-23(30)31/h4-9,12-14H,10-11H2,1-3H3,(H,25,31)(H2,26,27,28,29). The van der Waals surface area contributed by atoms with Gasteiger partial charge in [0.2, 0.25) is 5.95 Å². The molecule has 2 heterocycles. The number of urea groups is 1. The Labute approximate surface area is 208 Å². The van der Waals surface area contributed by atoms with Crippen LogP contribution < -0.4 is 25.6 Å². The van der Waals surface area contributed by atoms with Crippen molar-refractivity contribution in [2.45, 2.75) is 24.0 Å². The molecule has 2 amide bonds. The summed E-state index contributed by atoms with van der Waals surface area (Å²) in [5.74, 6) is 0.939. The van der Waals surface area contributed by atoms with E-state index in [2.05, 4.69) is 25.9 Å². The first-order valence-electron chi connectivity index (χ1n) is 10.8. The summed E-state index contributed by atoms with van der Waals surface area (Å²) >= 11 is 6.31. The Bertz CT molecular complexity index is 1370. The zero-order valence-corrected chi connectivity index (χ0v) is 20.9. The zero-order valence-electron chi connectivity index (χ0n) is 19.4. The number of halogens is 1. The van der Waals surface area contributed by atoms with Gasteiger partial charge in [0.15, 0.2) is 15.7 Å². The molecule has 0 unspecified atom stereocenters. The minimum Gasteiger partial charge on any atom is -0.494 e. The highest BCUT2D eigenvalue weighted by atomic mass is 35.5. The van der Waals surface area contributed by atoms with Crippen molar-refractivity contribution in [1.82, 2.24) is 15.3 Å². The van der Waals surface area contributed by atoms with Crippen LogP contribution in [-0.2, 0) is 9.84 Å². The van der Waals surface area contributed by atoms with Gasteiger partial charge in [-0.15, -0.1) is 0 Å². The van der Waals surface area contributed by atoms with Crippen molar-refractivity contribution < 1.29 is 17.9 Å². The van der Waals surface area contributed by atoms with Gasteiger partial charge in [-0.3, -0.25) is 4.90 Å². The fourth-order valence-electron chi connectivity index (χ4n) is 3.50. The second-order valence-electron chi connectivity index (χ2n) is 8.00. The Morgan fingerprint density at radius 2 is 1.91 bits per heavy atom. The molecule has 3 N–H and O–H groups in total. The van der Waals surface area contributed by atoms with Crippen molar-refractivity contribution in [2.75, 3.05) is 35.7 Å². The monoisotopic (exact) mass is 516 g/mol. The van der Waals surface area contributed by atoms with Crippen molar-refractivity contribution in [1.29, 1.82) is 0 Å². The second-order valence-corrected chi connectivity index (χ2v) is 10.9. The fourth-order valence-corrected chi connectivity index (χ4v) is 4.84. The summed E-state index contributed by atoms with van der Waals surface area (Å²) in [6.07, 6.45) is 1.41. The summed E-state index contributed by atoms with van der Waals surface area (Å²) in [6, 6.07) is 11.7. The number of sulfone groups is 1. The van der Waals surface area contributed by atoms with E-state index in [-0.39, 0.29) is 27.7 Å². The van der Waals surface area contributed by atoms with E-state index in [1.807, 2.05) is 0 Å². The molecule has 0 saturated carbocycles. The molecule has 0 radical (unpaired) electrons. The zero-order chi connectivity index (χ0) is 25.2. The Kier molecular flexibility index (Phi) is 6.99. The number of carbonyl (C=O) groups is 1. The highest BCUT2D eigenvalue weighted by molar-refractivity contribution is 7.92. The number of carbonyl (C=O) groups excluding carboxylic acids is 1. The van der Waals surface area contributed by atoms with E-state index >= 15 is 0 Å². The van der Waals surface area contributed by atoms with Gasteiger partial charge in [-0.2, -0.15) is 4.98 Å². The Balaban J connectivity index is 1.62. The number of benzene rings is 2. The molecule has 2 aromatic carbocycles. The molecule has 184 valence electrons. The van der Waals surface area contributed by atoms with Crippen molar-refractivity contribution >= 4 is 56.3 Å². The van der Waals surface area contributed by atoms with E-state index in [0.29, 0.717) is 35.9 Å². The molecule has 10 nitrogen and oxygen atoms in total. The van der Waals surface area contributed by atoms with Gasteiger partial charge in [-0.25, -0.2) is 18.2 Å². The Morgan fingerprint density at radius 3 is 2.60 bits per heavy atom. The van der Waals surface area contributed by atoms with E-state index in [1.54, 1.807) is 61.2 Å². The lowest BCUT2D eigenvalue weighted by Gasteiger charge is -2.18. The number of aromatic nitrogens is 2. The molecule has 35 heavy (non-hydrogen) atoms. The van der Waals surface area contributed by atoms with Gasteiger partial charge in [0.1, 0.15) is 10.8 Å². The number of para-hydroxylation sites is 1. The third kappa shape index (κ3) is 5.10. The molecule has 1 fully saturated rings. The molecule has 0 aliphatic carbocycles. The number of anilines is 5. The molecular weight excluding hydrogens is 492 g/mol. The maximum absolute atomic E-state index is 12.8. The minimum absolute atomic E-state index is 0.155. The number of nitrogens with zero attached hydrogens (tertiary/aromatic N) is 3. The lowest BCUT2D eigenvalue weighted by molar-refractivity contribution is 0.252. The summed E-state index contributed by atoms with van der Waals surface area (Å²) in [7, 11) is -2.01. The van der Waals surface area contributed by atoms with Crippen LogP contribution in [0, 0.1) is 0 Å². The molecule has 3 aromatic rings. The number of amides is 2. The average molecular weight is 517 g/mol. The van der Waals surface area contributed by atoms with Gasteiger partial charge in [-0.1, -0.05) is 23.7 Å². The molecule has 1 aliphatic rings. The number of hydrogen-bond donors (Lipinski definition) is 3. The largest absolute Gasteiger partial charge is 0.494 e. The first kappa shape index (κ1) is 24.6. The topological polar surface area (TPSA) is 126 Å². The van der Waals surface area contributed by atoms with E-state index < -0.39 is 15.1 Å². The van der Waals surface area contributed by atoms with Crippen LogP contribution in [0.4, 0.5) is 33.6 Å². The molecule has 0 spiro atoms. The molecule has 0 bridgehead atoms. The maximum Gasteiger partial charge on any atom is 0.321 e. The van der Waals surface area contributed by atoms with Gasteiger partial charge in [0.25, 0.3) is 0 Å². The number of rotatable bonds is 8. The molecule has 1 saturated heterocycles. The molecule has 0 atom stereocenters. The summed E-state index contributed by atoms with van der Waals surface area (Å²) in [5, 5.41) is 8.50. The number of hydrogen-bond acceptors (Lipinski definition) is 8. The lowest BCUT2D eigenvalue weighted by Crippen LogP contribution is -2.27. The summed E-state index contributed by atoms with van der Waals surface area (Å²) in [5.41, 5.74) is 1.63. The van der Waals surface area contributed by atoms with Crippen molar-refractivity contribution in [3.63, 3.8) is 0 Å². The quantitative estimate of drug-likeness (QED) is 0.404. The van der Waals surface area contributed by atoms with Gasteiger partial charge < -0.3 is 20.7 Å². The SMILES string of the molecule is COc1cc(N2CCNC2=O)ccc1Nc1ncc(Cl)c(Nc2ccccc2S(=O)(=O)C(C)C)n1. The Hall–Kier alpha value is -3.57. The molecular formula is C23H25ClN6O4S. The van der Waals surface area contributed by atoms with Crippen LogP contribution >= 0.6 is 11.6 Å². The van der Waals surface area contributed by atoms with Gasteiger partial charge in [0, 0.05) is 24.8 Å². The van der Waals surface area contributed by atoms with Gasteiger partial charge in [0.05, 0.1) is 34.8 Å². The highest BCUT2D eigenvalue weighted by Crippen LogP contribution is 2.34. The summed E-state index contributed by atoms with van der Waals surface area (Å²) in [4.78, 5) is 22.4. The van der Waals surface area contributed by atoms with Crippen molar-refractivity contribution in [3.05, 3.63) is 53.7 Å². The van der Waals surface area contributed by atoms with Crippen molar-refractivity contribution in [2.24, 2.45) is 0 Å². The van der Waals surface area contributed by atoms with Crippen LogP contribution in [0.5, 0.6) is 5.75 Å². The van der Waals surface area contributed by atoms with E-state index in [4.69, 9.17) is 16.3 Å². The first-order valence-corrected chi connectivity index (χ1v) is 12.8. The third-order valence-corrected chi connectivity index (χ3v) is 7.90. The van der Waals surface area contributed by atoms with Gasteiger partial charge >= 0.3 is 6.03 Å². The molecule has 1 aromatic heterocycles. The predicted molar refractivity (Wildman–Crippen MR) is 136 cm³/mol. The van der Waals surface area contributed by atoms with E-state index in [9.17, 15) is 13.2 Å². The second kappa shape index (κ2) is 9.96. The predicted octanol–water partition coefficient (Wildman–Crippen LogP) is 4.34. The number of nitrogens with one attached hydrogen (secondary N) is 3. The van der Waals surface area contributed by atoms with Crippen LogP contribution in [0.15, 0.2) is 53.6 Å². The van der Waals surface area contributed by atoms with Crippen molar-refractivity contribution in [3.8, 4) is 5.75 Å². The molecule has 12 heteroatoms. The van der Waals surface area contributed by atoms with Crippen LogP contribution in [0.25, 0.3) is 0 Å². The fraction of sp³-hybridized carbons (Fsp3) is 0.261. The minimum atomic E-state index is -3.54. The lowest BCUT2D eigenvalue weighted by atomic mass is 10.2. The van der Waals surface area contributed by atoms with Crippen LogP contribution in [0.1, 0.15) is 13.8 Å². The van der Waals surface area contributed by atoms with Crippen LogP contribution in [0.2, 0.25) is 5.02 Å². The first-order chi connectivity index (χ1) is 16.7. The molecule has 4 rings (SSSR count). The maximum atomic E-state index is 12.8.